The minimum absolute atomic E-state index is 0.199. The van der Waals surface area contributed by atoms with Gasteiger partial charge < -0.3 is 14.4 Å². The Morgan fingerprint density at radius 2 is 1.64 bits per heavy atom. The van der Waals surface area contributed by atoms with Gasteiger partial charge in [-0.2, -0.15) is 0 Å². The lowest BCUT2D eigenvalue weighted by Crippen LogP contribution is -2.40. The SMILES string of the molecule is O=Cc1ccc(OCC(=O)O[C@H](C(=O)N2CCCCC2)c2ccccc2)cc1. The molecule has 0 spiro atoms. The first-order valence-corrected chi connectivity index (χ1v) is 9.38. The fourth-order valence-corrected chi connectivity index (χ4v) is 3.12. The summed E-state index contributed by atoms with van der Waals surface area (Å²) >= 11 is 0. The van der Waals surface area contributed by atoms with Gasteiger partial charge in [0.2, 0.25) is 6.10 Å². The van der Waals surface area contributed by atoms with Crippen molar-refractivity contribution in [3.8, 4) is 5.75 Å². The molecule has 28 heavy (non-hydrogen) atoms. The molecule has 0 aromatic heterocycles. The van der Waals surface area contributed by atoms with Crippen LogP contribution in [-0.4, -0.2) is 42.8 Å². The average Bonchev–Trinajstić information content (AvgIpc) is 2.77. The first-order valence-electron chi connectivity index (χ1n) is 9.38. The van der Waals surface area contributed by atoms with Gasteiger partial charge in [0.1, 0.15) is 12.0 Å². The Morgan fingerprint density at radius 3 is 2.29 bits per heavy atom. The lowest BCUT2D eigenvalue weighted by molar-refractivity contribution is -0.163. The van der Waals surface area contributed by atoms with Gasteiger partial charge in [-0.25, -0.2) is 4.79 Å². The van der Waals surface area contributed by atoms with Crippen LogP contribution >= 0.6 is 0 Å². The van der Waals surface area contributed by atoms with Crippen molar-refractivity contribution in [3.05, 3.63) is 65.7 Å². The van der Waals surface area contributed by atoms with Crippen LogP contribution in [0, 0.1) is 0 Å². The molecule has 0 saturated carbocycles. The van der Waals surface area contributed by atoms with Gasteiger partial charge in [0.15, 0.2) is 6.61 Å². The van der Waals surface area contributed by atoms with Crippen LogP contribution in [0.5, 0.6) is 5.75 Å². The van der Waals surface area contributed by atoms with Gasteiger partial charge in [-0.15, -0.1) is 0 Å². The first-order chi connectivity index (χ1) is 13.7. The number of hydrogen-bond acceptors (Lipinski definition) is 5. The van der Waals surface area contributed by atoms with Crippen LogP contribution in [0.1, 0.15) is 41.3 Å². The third kappa shape index (κ3) is 5.19. The van der Waals surface area contributed by atoms with E-state index in [1.807, 2.05) is 18.2 Å². The molecule has 0 radical (unpaired) electrons. The Morgan fingerprint density at radius 1 is 0.964 bits per heavy atom. The van der Waals surface area contributed by atoms with Crippen molar-refractivity contribution >= 4 is 18.2 Å². The molecule has 3 rings (SSSR count). The van der Waals surface area contributed by atoms with E-state index >= 15 is 0 Å². The molecule has 1 atom stereocenters. The van der Waals surface area contributed by atoms with Crippen molar-refractivity contribution in [2.24, 2.45) is 0 Å². The van der Waals surface area contributed by atoms with E-state index in [9.17, 15) is 14.4 Å². The molecule has 6 heteroatoms. The molecule has 1 aliphatic rings. The predicted octanol–water partition coefficient (Wildman–Crippen LogP) is 3.17. The third-order valence-electron chi connectivity index (χ3n) is 4.62. The van der Waals surface area contributed by atoms with Crippen LogP contribution in [-0.2, 0) is 14.3 Å². The van der Waals surface area contributed by atoms with Crippen molar-refractivity contribution in [1.29, 1.82) is 0 Å². The highest BCUT2D eigenvalue weighted by atomic mass is 16.6. The van der Waals surface area contributed by atoms with Gasteiger partial charge in [-0.1, -0.05) is 30.3 Å². The fourth-order valence-electron chi connectivity index (χ4n) is 3.12. The number of benzene rings is 2. The van der Waals surface area contributed by atoms with Gasteiger partial charge in [0, 0.05) is 24.2 Å². The molecule has 1 aliphatic heterocycles. The van der Waals surface area contributed by atoms with Crippen LogP contribution in [0.3, 0.4) is 0 Å². The molecular formula is C22H23NO5. The Balaban J connectivity index is 1.65. The topological polar surface area (TPSA) is 72.9 Å². The second kappa shape index (κ2) is 9.69. The molecule has 1 amide bonds. The molecule has 2 aromatic carbocycles. The minimum atomic E-state index is -0.979. The normalized spacial score (nSPS) is 14.8. The van der Waals surface area contributed by atoms with Crippen LogP contribution in [0.4, 0.5) is 0 Å². The maximum Gasteiger partial charge on any atom is 0.345 e. The summed E-state index contributed by atoms with van der Waals surface area (Å²) in [5.74, 6) is -0.380. The zero-order chi connectivity index (χ0) is 19.8. The Labute approximate surface area is 164 Å². The molecule has 0 N–H and O–H groups in total. The van der Waals surface area contributed by atoms with Crippen molar-refractivity contribution in [1.82, 2.24) is 4.90 Å². The van der Waals surface area contributed by atoms with Crippen molar-refractivity contribution < 1.29 is 23.9 Å². The van der Waals surface area contributed by atoms with Crippen LogP contribution in [0.25, 0.3) is 0 Å². The highest BCUT2D eigenvalue weighted by molar-refractivity contribution is 5.85. The van der Waals surface area contributed by atoms with E-state index in [0.717, 1.165) is 25.5 Å². The third-order valence-corrected chi connectivity index (χ3v) is 4.62. The number of rotatable bonds is 7. The van der Waals surface area contributed by atoms with E-state index in [2.05, 4.69) is 0 Å². The highest BCUT2D eigenvalue weighted by Crippen LogP contribution is 2.23. The number of carbonyl (C=O) groups excluding carboxylic acids is 3. The molecule has 0 bridgehead atoms. The van der Waals surface area contributed by atoms with Gasteiger partial charge in [0.25, 0.3) is 5.91 Å². The molecular weight excluding hydrogens is 358 g/mol. The second-order valence-corrected chi connectivity index (χ2v) is 6.64. The minimum Gasteiger partial charge on any atom is -0.482 e. The summed E-state index contributed by atoms with van der Waals surface area (Å²) in [4.78, 5) is 37.7. The van der Waals surface area contributed by atoms with Crippen LogP contribution in [0.2, 0.25) is 0 Å². The molecule has 1 heterocycles. The molecule has 1 saturated heterocycles. The number of amides is 1. The molecule has 0 aliphatic carbocycles. The number of aldehydes is 1. The number of carbonyl (C=O) groups is 3. The van der Waals surface area contributed by atoms with Crippen molar-refractivity contribution in [2.75, 3.05) is 19.7 Å². The zero-order valence-electron chi connectivity index (χ0n) is 15.6. The van der Waals surface area contributed by atoms with Gasteiger partial charge >= 0.3 is 5.97 Å². The lowest BCUT2D eigenvalue weighted by atomic mass is 10.1. The smallest absolute Gasteiger partial charge is 0.345 e. The molecule has 6 nitrogen and oxygen atoms in total. The zero-order valence-corrected chi connectivity index (χ0v) is 15.6. The van der Waals surface area contributed by atoms with Gasteiger partial charge in [-0.3, -0.25) is 9.59 Å². The summed E-state index contributed by atoms with van der Waals surface area (Å²) in [5, 5.41) is 0. The number of likely N-dealkylation sites (tertiary alicyclic amines) is 1. The predicted molar refractivity (Wildman–Crippen MR) is 103 cm³/mol. The first kappa shape index (κ1) is 19.6. The van der Waals surface area contributed by atoms with Crippen molar-refractivity contribution in [3.63, 3.8) is 0 Å². The fraction of sp³-hybridized carbons (Fsp3) is 0.318. The summed E-state index contributed by atoms with van der Waals surface area (Å²) in [6.45, 7) is 1.04. The number of nitrogens with zero attached hydrogens (tertiary/aromatic N) is 1. The number of ether oxygens (including phenoxy) is 2. The standard InChI is InChI=1S/C22H23NO5/c24-15-17-9-11-19(12-10-17)27-16-20(25)28-21(18-7-3-1-4-8-18)22(26)23-13-5-2-6-14-23/h1,3-4,7-12,15,21H,2,5-6,13-14,16H2/t21-/m0/s1. The maximum atomic E-state index is 13.0. The van der Waals surface area contributed by atoms with E-state index < -0.39 is 12.1 Å². The summed E-state index contributed by atoms with van der Waals surface area (Å²) in [5.41, 5.74) is 1.16. The number of esters is 1. The number of piperidine rings is 1. The lowest BCUT2D eigenvalue weighted by Gasteiger charge is -2.30. The van der Waals surface area contributed by atoms with E-state index in [1.54, 1.807) is 41.3 Å². The largest absolute Gasteiger partial charge is 0.482 e. The monoisotopic (exact) mass is 381 g/mol. The van der Waals surface area contributed by atoms with E-state index in [-0.39, 0.29) is 12.5 Å². The summed E-state index contributed by atoms with van der Waals surface area (Å²) < 4.78 is 10.9. The maximum absolute atomic E-state index is 13.0. The summed E-state index contributed by atoms with van der Waals surface area (Å²) in [7, 11) is 0. The number of hydrogen-bond donors (Lipinski definition) is 0. The average molecular weight is 381 g/mol. The van der Waals surface area contributed by atoms with Crippen molar-refractivity contribution in [2.45, 2.75) is 25.4 Å². The molecule has 146 valence electrons. The van der Waals surface area contributed by atoms with Crippen LogP contribution < -0.4 is 4.74 Å². The highest BCUT2D eigenvalue weighted by Gasteiger charge is 2.30. The second-order valence-electron chi connectivity index (χ2n) is 6.64. The quantitative estimate of drug-likeness (QED) is 0.544. The van der Waals surface area contributed by atoms with E-state index in [1.165, 1.54) is 0 Å². The summed E-state index contributed by atoms with van der Waals surface area (Å²) in [6.07, 6.45) is 2.78. The Kier molecular flexibility index (Phi) is 6.78. The molecule has 2 aromatic rings. The molecule has 0 unspecified atom stereocenters. The Hall–Kier alpha value is -3.15. The summed E-state index contributed by atoms with van der Waals surface area (Å²) in [6, 6.07) is 15.4. The van der Waals surface area contributed by atoms with Crippen LogP contribution in [0.15, 0.2) is 54.6 Å². The van der Waals surface area contributed by atoms with E-state index in [4.69, 9.17) is 9.47 Å². The van der Waals surface area contributed by atoms with Gasteiger partial charge in [-0.05, 0) is 43.5 Å². The molecule has 1 fully saturated rings. The van der Waals surface area contributed by atoms with Gasteiger partial charge in [0.05, 0.1) is 0 Å². The van der Waals surface area contributed by atoms with E-state index in [0.29, 0.717) is 30.0 Å². The Bertz CT molecular complexity index is 797.